The predicted octanol–water partition coefficient (Wildman–Crippen LogP) is 4.99. The molecule has 0 fully saturated rings. The molecule has 0 aliphatic carbocycles. The summed E-state index contributed by atoms with van der Waals surface area (Å²) in [6, 6.07) is 13.3. The van der Waals surface area contributed by atoms with Crippen LogP contribution in [0.25, 0.3) is 10.8 Å². The molecule has 0 aliphatic heterocycles. The number of methoxy groups -OCH3 is 1. The van der Waals surface area contributed by atoms with Crippen LogP contribution in [0.5, 0.6) is 0 Å². The summed E-state index contributed by atoms with van der Waals surface area (Å²) in [6.45, 7) is 10.6. The first-order valence-electron chi connectivity index (χ1n) is 13.5. The third-order valence-corrected chi connectivity index (χ3v) is 7.20. The lowest BCUT2D eigenvalue weighted by atomic mass is 9.98. The Kier molecular flexibility index (Phi) is 13.1. The van der Waals surface area contributed by atoms with Crippen molar-refractivity contribution in [2.75, 3.05) is 32.2 Å². The highest BCUT2D eigenvalue weighted by molar-refractivity contribution is 7.98. The van der Waals surface area contributed by atoms with Crippen molar-refractivity contribution in [2.45, 2.75) is 71.7 Å². The van der Waals surface area contributed by atoms with Crippen molar-refractivity contribution in [1.29, 1.82) is 0 Å². The lowest BCUT2D eigenvalue weighted by Gasteiger charge is -2.32. The molecule has 0 aromatic heterocycles. The maximum Gasteiger partial charge on any atom is 0.407 e. The number of ether oxygens (including phenoxy) is 2. The van der Waals surface area contributed by atoms with E-state index in [0.717, 1.165) is 28.5 Å². The number of carbonyl (C=O) groups excluding carboxylic acids is 3. The Morgan fingerprint density at radius 1 is 1.05 bits per heavy atom. The number of esters is 1. The molecular formula is C30H45N3O5S. The van der Waals surface area contributed by atoms with Gasteiger partial charge in [0.15, 0.2) is 0 Å². The Morgan fingerprint density at radius 3 is 2.38 bits per heavy atom. The molecule has 0 heterocycles. The van der Waals surface area contributed by atoms with E-state index in [2.05, 4.69) is 48.7 Å². The normalized spacial score (nSPS) is 13.9. The number of carbonyl (C=O) groups is 3. The van der Waals surface area contributed by atoms with Crippen molar-refractivity contribution < 1.29 is 23.9 Å². The maximum atomic E-state index is 13.3. The van der Waals surface area contributed by atoms with Gasteiger partial charge >= 0.3 is 12.1 Å². The summed E-state index contributed by atoms with van der Waals surface area (Å²) in [5, 5.41) is 8.13. The molecule has 2 amide bonds. The Labute approximate surface area is 237 Å². The summed E-state index contributed by atoms with van der Waals surface area (Å²) in [4.78, 5) is 40.3. The molecule has 0 unspecified atom stereocenters. The monoisotopic (exact) mass is 559 g/mol. The molecule has 8 nitrogen and oxygen atoms in total. The van der Waals surface area contributed by atoms with Gasteiger partial charge < -0.3 is 20.1 Å². The van der Waals surface area contributed by atoms with Crippen LogP contribution in [0, 0.1) is 5.92 Å². The summed E-state index contributed by atoms with van der Waals surface area (Å²) < 4.78 is 10.4. The van der Waals surface area contributed by atoms with Gasteiger partial charge in [0, 0.05) is 19.1 Å². The highest BCUT2D eigenvalue weighted by Gasteiger charge is 2.27. The quantitative estimate of drug-likeness (QED) is 0.315. The number of alkyl carbamates (subject to hydrolysis) is 1. The standard InChI is InChI=1S/C30H45N3O5S/c1-8-21(2)26(32-29(36)38-30(3,4)5)19-33(18-23-14-11-13-22-12-9-10-15-24(22)23)20-27(34)31-25(16-17-39-7)28(35)37-6/h9-15,21,25-26H,8,16-20H2,1-7H3,(H,31,34)(H,32,36)/t21-,25-,26+/m0/s1. The average Bonchev–Trinajstić information content (AvgIpc) is 2.88. The molecule has 3 atom stereocenters. The molecule has 39 heavy (non-hydrogen) atoms. The molecule has 2 aromatic carbocycles. The Hall–Kier alpha value is -2.78. The molecule has 216 valence electrons. The molecule has 2 N–H and O–H groups in total. The van der Waals surface area contributed by atoms with Crippen LogP contribution in [0.2, 0.25) is 0 Å². The third kappa shape index (κ3) is 11.1. The number of nitrogens with one attached hydrogen (secondary N) is 2. The van der Waals surface area contributed by atoms with E-state index in [0.29, 0.717) is 19.5 Å². The van der Waals surface area contributed by atoms with Crippen LogP contribution < -0.4 is 10.6 Å². The molecule has 0 saturated heterocycles. The van der Waals surface area contributed by atoms with Crippen molar-refractivity contribution in [3.8, 4) is 0 Å². The molecule has 2 rings (SSSR count). The molecule has 0 bridgehead atoms. The fraction of sp³-hybridized carbons (Fsp3) is 0.567. The van der Waals surface area contributed by atoms with Gasteiger partial charge in [-0.2, -0.15) is 11.8 Å². The largest absolute Gasteiger partial charge is 0.467 e. The molecule has 2 aromatic rings. The Balaban J connectivity index is 2.32. The number of hydrogen-bond acceptors (Lipinski definition) is 7. The zero-order valence-corrected chi connectivity index (χ0v) is 25.2. The van der Waals surface area contributed by atoms with Crippen LogP contribution in [0.1, 0.15) is 53.0 Å². The number of nitrogens with zero attached hydrogens (tertiary/aromatic N) is 1. The summed E-state index contributed by atoms with van der Waals surface area (Å²) in [7, 11) is 1.33. The number of amides is 2. The van der Waals surface area contributed by atoms with Crippen LogP contribution in [-0.2, 0) is 25.6 Å². The molecule has 0 spiro atoms. The molecule has 9 heteroatoms. The second-order valence-corrected chi connectivity index (χ2v) is 11.9. The van der Waals surface area contributed by atoms with Crippen LogP contribution in [0.3, 0.4) is 0 Å². The number of fused-ring (bicyclic) bond motifs is 1. The first-order chi connectivity index (χ1) is 18.5. The minimum atomic E-state index is -0.709. The third-order valence-electron chi connectivity index (χ3n) is 6.56. The first kappa shape index (κ1) is 32.4. The van der Waals surface area contributed by atoms with Crippen molar-refractivity contribution >= 4 is 40.5 Å². The second-order valence-electron chi connectivity index (χ2n) is 10.9. The minimum absolute atomic E-state index is 0.0545. The fourth-order valence-corrected chi connectivity index (χ4v) is 4.79. The highest BCUT2D eigenvalue weighted by Crippen LogP contribution is 2.21. The summed E-state index contributed by atoms with van der Waals surface area (Å²) >= 11 is 1.60. The summed E-state index contributed by atoms with van der Waals surface area (Å²) in [5.41, 5.74) is 0.458. The predicted molar refractivity (Wildman–Crippen MR) is 159 cm³/mol. The number of thioether (sulfide) groups is 1. The van der Waals surface area contributed by atoms with Crippen molar-refractivity contribution in [3.05, 3.63) is 48.0 Å². The average molecular weight is 560 g/mol. The van der Waals surface area contributed by atoms with Crippen molar-refractivity contribution in [2.24, 2.45) is 5.92 Å². The zero-order valence-electron chi connectivity index (χ0n) is 24.4. The Morgan fingerprint density at radius 2 is 1.74 bits per heavy atom. The van der Waals surface area contributed by atoms with Gasteiger partial charge in [0.25, 0.3) is 0 Å². The van der Waals surface area contributed by atoms with Gasteiger partial charge in [-0.15, -0.1) is 0 Å². The summed E-state index contributed by atoms with van der Waals surface area (Å²) in [5.74, 6) is 0.129. The van der Waals surface area contributed by atoms with Gasteiger partial charge in [-0.1, -0.05) is 62.7 Å². The Bertz CT molecular complexity index is 1080. The van der Waals surface area contributed by atoms with Gasteiger partial charge in [0.1, 0.15) is 11.6 Å². The van der Waals surface area contributed by atoms with E-state index in [1.807, 2.05) is 50.1 Å². The van der Waals surface area contributed by atoms with E-state index in [-0.39, 0.29) is 24.4 Å². The van der Waals surface area contributed by atoms with E-state index < -0.39 is 23.7 Å². The first-order valence-corrected chi connectivity index (χ1v) is 14.9. The minimum Gasteiger partial charge on any atom is -0.467 e. The molecule has 0 saturated carbocycles. The van der Waals surface area contributed by atoms with E-state index in [4.69, 9.17) is 9.47 Å². The summed E-state index contributed by atoms with van der Waals surface area (Å²) in [6.07, 6.45) is 2.80. The van der Waals surface area contributed by atoms with Crippen LogP contribution in [-0.4, -0.2) is 72.8 Å². The van der Waals surface area contributed by atoms with Gasteiger partial charge in [0.2, 0.25) is 5.91 Å². The van der Waals surface area contributed by atoms with Gasteiger partial charge in [-0.05, 0) is 61.5 Å². The number of benzene rings is 2. The highest BCUT2D eigenvalue weighted by atomic mass is 32.2. The zero-order chi connectivity index (χ0) is 29.0. The van der Waals surface area contributed by atoms with Gasteiger partial charge in [-0.25, -0.2) is 9.59 Å². The van der Waals surface area contributed by atoms with Crippen LogP contribution in [0.4, 0.5) is 4.79 Å². The number of rotatable bonds is 14. The molecule has 0 radical (unpaired) electrons. The number of hydrogen-bond donors (Lipinski definition) is 2. The molecular weight excluding hydrogens is 514 g/mol. The van der Waals surface area contributed by atoms with Crippen molar-refractivity contribution in [3.63, 3.8) is 0 Å². The van der Waals surface area contributed by atoms with E-state index in [1.165, 1.54) is 7.11 Å². The maximum absolute atomic E-state index is 13.3. The van der Waals surface area contributed by atoms with E-state index in [9.17, 15) is 14.4 Å². The lowest BCUT2D eigenvalue weighted by molar-refractivity contribution is -0.145. The van der Waals surface area contributed by atoms with Crippen LogP contribution in [0.15, 0.2) is 42.5 Å². The van der Waals surface area contributed by atoms with Gasteiger partial charge in [0.05, 0.1) is 13.7 Å². The van der Waals surface area contributed by atoms with Gasteiger partial charge in [-0.3, -0.25) is 9.69 Å². The van der Waals surface area contributed by atoms with E-state index in [1.54, 1.807) is 11.8 Å². The second kappa shape index (κ2) is 15.7. The topological polar surface area (TPSA) is 97.0 Å². The smallest absolute Gasteiger partial charge is 0.407 e. The van der Waals surface area contributed by atoms with E-state index >= 15 is 0 Å². The SMILES string of the molecule is CC[C@H](C)[C@@H](CN(CC(=O)N[C@@H](CCSC)C(=O)OC)Cc1cccc2ccccc12)NC(=O)OC(C)(C)C. The fourth-order valence-electron chi connectivity index (χ4n) is 4.32. The molecule has 0 aliphatic rings. The van der Waals surface area contributed by atoms with Crippen LogP contribution >= 0.6 is 11.8 Å². The lowest BCUT2D eigenvalue weighted by Crippen LogP contribution is -2.51. The van der Waals surface area contributed by atoms with Crippen molar-refractivity contribution in [1.82, 2.24) is 15.5 Å².